The summed E-state index contributed by atoms with van der Waals surface area (Å²) in [4.78, 5) is 0. The number of methoxy groups -OCH3 is 2. The highest BCUT2D eigenvalue weighted by molar-refractivity contribution is 5.27. The summed E-state index contributed by atoms with van der Waals surface area (Å²) in [7, 11) is 3.38. The molecular formula is C13H22N2O2. The first-order chi connectivity index (χ1) is 8.30. The molecule has 1 aromatic rings. The summed E-state index contributed by atoms with van der Waals surface area (Å²) in [5.74, 6) is 6.39. The van der Waals surface area contributed by atoms with Crippen molar-refractivity contribution in [2.45, 2.75) is 25.3 Å². The normalized spacial score (nSPS) is 12.4. The predicted octanol–water partition coefficient (Wildman–Crippen LogP) is 1.50. The van der Waals surface area contributed by atoms with Gasteiger partial charge in [-0.3, -0.25) is 11.3 Å². The maximum Gasteiger partial charge on any atom is 0.118 e. The van der Waals surface area contributed by atoms with Crippen LogP contribution in [0.3, 0.4) is 0 Å². The molecule has 17 heavy (non-hydrogen) atoms. The third-order valence-electron chi connectivity index (χ3n) is 2.85. The molecule has 0 aliphatic carbocycles. The topological polar surface area (TPSA) is 56.5 Å². The van der Waals surface area contributed by atoms with E-state index in [9.17, 15) is 0 Å². The van der Waals surface area contributed by atoms with E-state index in [1.807, 2.05) is 12.1 Å². The zero-order valence-corrected chi connectivity index (χ0v) is 10.6. The molecule has 3 N–H and O–H groups in total. The van der Waals surface area contributed by atoms with Gasteiger partial charge in [0.2, 0.25) is 0 Å². The molecule has 0 saturated heterocycles. The zero-order chi connectivity index (χ0) is 12.5. The van der Waals surface area contributed by atoms with Gasteiger partial charge in [0.05, 0.1) is 7.11 Å². The van der Waals surface area contributed by atoms with Gasteiger partial charge < -0.3 is 9.47 Å². The molecule has 0 heterocycles. The van der Waals surface area contributed by atoms with E-state index in [1.54, 1.807) is 14.2 Å². The fraction of sp³-hybridized carbons (Fsp3) is 0.538. The Morgan fingerprint density at radius 2 is 1.88 bits per heavy atom. The quantitative estimate of drug-likeness (QED) is 0.532. The van der Waals surface area contributed by atoms with Crippen molar-refractivity contribution < 1.29 is 9.47 Å². The van der Waals surface area contributed by atoms with Crippen LogP contribution in [0.25, 0.3) is 0 Å². The van der Waals surface area contributed by atoms with Gasteiger partial charge in [-0.2, -0.15) is 0 Å². The minimum Gasteiger partial charge on any atom is -0.497 e. The van der Waals surface area contributed by atoms with E-state index < -0.39 is 0 Å². The molecule has 1 aromatic carbocycles. The molecule has 1 atom stereocenters. The number of rotatable bonds is 8. The number of aryl methyl sites for hydroxylation is 1. The highest BCUT2D eigenvalue weighted by atomic mass is 16.5. The Bertz CT molecular complexity index is 301. The van der Waals surface area contributed by atoms with Crippen molar-refractivity contribution >= 4 is 0 Å². The molecule has 96 valence electrons. The van der Waals surface area contributed by atoms with Crippen LogP contribution in [0.15, 0.2) is 24.3 Å². The van der Waals surface area contributed by atoms with Gasteiger partial charge in [0.25, 0.3) is 0 Å². The molecule has 0 aromatic heterocycles. The Balaban J connectivity index is 2.36. The minimum atomic E-state index is 0.303. The summed E-state index contributed by atoms with van der Waals surface area (Å²) in [5.41, 5.74) is 4.12. The molecule has 0 bridgehead atoms. The molecular weight excluding hydrogens is 216 g/mol. The maximum absolute atomic E-state index is 5.50. The molecule has 0 spiro atoms. The third kappa shape index (κ3) is 5.17. The molecule has 0 fully saturated rings. The number of nitrogens with one attached hydrogen (secondary N) is 1. The van der Waals surface area contributed by atoms with Crippen molar-refractivity contribution in [1.82, 2.24) is 5.43 Å². The van der Waals surface area contributed by atoms with Gasteiger partial charge in [-0.15, -0.1) is 0 Å². The van der Waals surface area contributed by atoms with Gasteiger partial charge >= 0.3 is 0 Å². The molecule has 0 saturated carbocycles. The first-order valence-corrected chi connectivity index (χ1v) is 5.88. The monoisotopic (exact) mass is 238 g/mol. The number of ether oxygens (including phenoxy) is 2. The Labute approximate surface area is 103 Å². The van der Waals surface area contributed by atoms with Gasteiger partial charge in [-0.25, -0.2) is 0 Å². The lowest BCUT2D eigenvalue weighted by Crippen LogP contribution is -2.36. The standard InChI is InChI=1S/C13H22N2O2/c1-16-10-9-12(15-14)6-3-11-4-7-13(17-2)8-5-11/h4-5,7-8,12,15H,3,6,9-10,14H2,1-2H3. The minimum absolute atomic E-state index is 0.303. The Morgan fingerprint density at radius 3 is 2.41 bits per heavy atom. The number of hydrogen-bond acceptors (Lipinski definition) is 4. The highest BCUT2D eigenvalue weighted by Gasteiger charge is 2.06. The Kier molecular flexibility index (Phi) is 6.62. The van der Waals surface area contributed by atoms with E-state index in [0.29, 0.717) is 6.04 Å². The summed E-state index contributed by atoms with van der Waals surface area (Å²) in [6, 6.07) is 8.44. The summed E-state index contributed by atoms with van der Waals surface area (Å²) in [5, 5.41) is 0. The van der Waals surface area contributed by atoms with Crippen LogP contribution in [0.5, 0.6) is 5.75 Å². The lowest BCUT2D eigenvalue weighted by Gasteiger charge is -2.15. The number of benzene rings is 1. The number of nitrogens with two attached hydrogens (primary N) is 1. The maximum atomic E-state index is 5.50. The fourth-order valence-electron chi connectivity index (χ4n) is 1.70. The van der Waals surface area contributed by atoms with E-state index in [2.05, 4.69) is 17.6 Å². The first kappa shape index (κ1) is 14.0. The molecule has 0 radical (unpaired) electrons. The number of hydrazine groups is 1. The Hall–Kier alpha value is -1.10. The first-order valence-electron chi connectivity index (χ1n) is 5.88. The van der Waals surface area contributed by atoms with Crippen LogP contribution in [0, 0.1) is 0 Å². The van der Waals surface area contributed by atoms with Crippen LogP contribution in [0.4, 0.5) is 0 Å². The smallest absolute Gasteiger partial charge is 0.118 e. The average molecular weight is 238 g/mol. The van der Waals surface area contributed by atoms with E-state index in [4.69, 9.17) is 15.3 Å². The predicted molar refractivity (Wildman–Crippen MR) is 68.9 cm³/mol. The molecule has 4 nitrogen and oxygen atoms in total. The van der Waals surface area contributed by atoms with Crippen molar-refractivity contribution in [2.24, 2.45) is 5.84 Å². The van der Waals surface area contributed by atoms with Crippen LogP contribution < -0.4 is 16.0 Å². The van der Waals surface area contributed by atoms with Crippen molar-refractivity contribution in [3.8, 4) is 5.75 Å². The molecule has 0 aliphatic heterocycles. The summed E-state index contributed by atoms with van der Waals surface area (Å²) >= 11 is 0. The van der Waals surface area contributed by atoms with Gasteiger partial charge in [-0.05, 0) is 37.0 Å². The van der Waals surface area contributed by atoms with Crippen LogP contribution >= 0.6 is 0 Å². The van der Waals surface area contributed by atoms with Gasteiger partial charge in [0.1, 0.15) is 5.75 Å². The van der Waals surface area contributed by atoms with Gasteiger partial charge in [-0.1, -0.05) is 12.1 Å². The molecule has 4 heteroatoms. The molecule has 1 unspecified atom stereocenters. The largest absolute Gasteiger partial charge is 0.497 e. The third-order valence-corrected chi connectivity index (χ3v) is 2.85. The summed E-state index contributed by atoms with van der Waals surface area (Å²) in [6.45, 7) is 0.734. The fourth-order valence-corrected chi connectivity index (χ4v) is 1.70. The number of hydrogen-bond donors (Lipinski definition) is 2. The lowest BCUT2D eigenvalue weighted by atomic mass is 10.0. The van der Waals surface area contributed by atoms with E-state index in [1.165, 1.54) is 5.56 Å². The van der Waals surface area contributed by atoms with Crippen molar-refractivity contribution in [3.05, 3.63) is 29.8 Å². The van der Waals surface area contributed by atoms with Gasteiger partial charge in [0, 0.05) is 19.8 Å². The van der Waals surface area contributed by atoms with Crippen LogP contribution in [0.1, 0.15) is 18.4 Å². The molecule has 0 aliphatic rings. The zero-order valence-electron chi connectivity index (χ0n) is 10.6. The van der Waals surface area contributed by atoms with E-state index >= 15 is 0 Å². The summed E-state index contributed by atoms with van der Waals surface area (Å²) < 4.78 is 10.2. The second-order valence-corrected chi connectivity index (χ2v) is 4.03. The van der Waals surface area contributed by atoms with Crippen molar-refractivity contribution in [1.29, 1.82) is 0 Å². The van der Waals surface area contributed by atoms with E-state index in [-0.39, 0.29) is 0 Å². The lowest BCUT2D eigenvalue weighted by molar-refractivity contribution is 0.181. The van der Waals surface area contributed by atoms with Crippen LogP contribution in [0.2, 0.25) is 0 Å². The van der Waals surface area contributed by atoms with Crippen molar-refractivity contribution in [2.75, 3.05) is 20.8 Å². The summed E-state index contributed by atoms with van der Waals surface area (Å²) in [6.07, 6.45) is 2.94. The second-order valence-electron chi connectivity index (χ2n) is 4.03. The van der Waals surface area contributed by atoms with Crippen molar-refractivity contribution in [3.63, 3.8) is 0 Å². The van der Waals surface area contributed by atoms with Crippen LogP contribution in [-0.4, -0.2) is 26.9 Å². The second kappa shape index (κ2) is 8.06. The van der Waals surface area contributed by atoms with E-state index in [0.717, 1.165) is 31.6 Å². The average Bonchev–Trinajstić information content (AvgIpc) is 2.39. The molecule has 1 rings (SSSR count). The Morgan fingerprint density at radius 1 is 1.18 bits per heavy atom. The SMILES string of the molecule is COCCC(CCc1ccc(OC)cc1)NN. The molecule has 0 amide bonds. The van der Waals surface area contributed by atoms with Crippen LogP contribution in [-0.2, 0) is 11.2 Å². The highest BCUT2D eigenvalue weighted by Crippen LogP contribution is 2.13. The van der Waals surface area contributed by atoms with Gasteiger partial charge in [0.15, 0.2) is 0 Å².